The smallest absolute Gasteiger partial charge is 0.239 e. The summed E-state index contributed by atoms with van der Waals surface area (Å²) in [7, 11) is 0. The highest BCUT2D eigenvalue weighted by Gasteiger charge is 2.32. The van der Waals surface area contributed by atoms with Crippen molar-refractivity contribution < 1.29 is 9.59 Å². The molecule has 2 N–H and O–H groups in total. The van der Waals surface area contributed by atoms with Crippen LogP contribution >= 0.6 is 12.4 Å². The van der Waals surface area contributed by atoms with Crippen LogP contribution in [-0.4, -0.2) is 48.4 Å². The molecule has 6 heteroatoms. The van der Waals surface area contributed by atoms with E-state index in [0.29, 0.717) is 6.54 Å². The number of hydrogen-bond acceptors (Lipinski definition) is 3. The van der Waals surface area contributed by atoms with Crippen LogP contribution in [0.15, 0.2) is 0 Å². The summed E-state index contributed by atoms with van der Waals surface area (Å²) in [4.78, 5) is 26.8. The fourth-order valence-electron chi connectivity index (χ4n) is 3.54. The Labute approximate surface area is 146 Å². The maximum atomic E-state index is 12.6. The number of carbonyl (C=O) groups is 2. The second-order valence-corrected chi connectivity index (χ2v) is 6.82. The Morgan fingerprint density at radius 2 is 2.04 bits per heavy atom. The zero-order chi connectivity index (χ0) is 15.9. The number of amides is 2. The normalized spacial score (nSPS) is 26.1. The van der Waals surface area contributed by atoms with Gasteiger partial charge in [0, 0.05) is 19.1 Å². The summed E-state index contributed by atoms with van der Waals surface area (Å²) in [5, 5.41) is 6.41. The zero-order valence-electron chi connectivity index (χ0n) is 14.5. The monoisotopic (exact) mass is 345 g/mol. The minimum atomic E-state index is -0.0411. The summed E-state index contributed by atoms with van der Waals surface area (Å²) in [6.07, 6.45) is 7.11. The van der Waals surface area contributed by atoms with E-state index in [2.05, 4.69) is 24.5 Å². The van der Waals surface area contributed by atoms with Gasteiger partial charge in [0.15, 0.2) is 0 Å². The van der Waals surface area contributed by atoms with Crippen LogP contribution in [0.2, 0.25) is 0 Å². The second-order valence-electron chi connectivity index (χ2n) is 6.82. The minimum absolute atomic E-state index is 0. The van der Waals surface area contributed by atoms with E-state index in [1.165, 1.54) is 0 Å². The van der Waals surface area contributed by atoms with Crippen LogP contribution in [0.3, 0.4) is 0 Å². The predicted octanol–water partition coefficient (Wildman–Crippen LogP) is 2.09. The first-order chi connectivity index (χ1) is 10.6. The van der Waals surface area contributed by atoms with Crippen molar-refractivity contribution in [1.82, 2.24) is 15.5 Å². The third kappa shape index (κ3) is 5.96. The molecule has 0 aromatic rings. The second kappa shape index (κ2) is 10.1. The maximum Gasteiger partial charge on any atom is 0.239 e. The molecule has 2 aliphatic rings. The summed E-state index contributed by atoms with van der Waals surface area (Å²) in [5.41, 5.74) is 0. The van der Waals surface area contributed by atoms with Gasteiger partial charge in [-0.2, -0.15) is 0 Å². The van der Waals surface area contributed by atoms with Crippen molar-refractivity contribution in [2.75, 3.05) is 19.6 Å². The van der Waals surface area contributed by atoms with E-state index >= 15 is 0 Å². The Kier molecular flexibility index (Phi) is 8.92. The fraction of sp³-hybridized carbons (Fsp3) is 0.882. The lowest BCUT2D eigenvalue weighted by atomic mass is 9.95. The quantitative estimate of drug-likeness (QED) is 0.802. The molecule has 0 aliphatic carbocycles. The molecule has 0 bridgehead atoms. The number of piperidine rings is 2. The SMILES string of the molecule is CCCC(C)NC(=O)C1CCCN(C(=O)C2CCCCN2)C1.Cl. The topological polar surface area (TPSA) is 61.4 Å². The first kappa shape index (κ1) is 20.2. The van der Waals surface area contributed by atoms with Crippen molar-refractivity contribution in [2.45, 2.75) is 70.9 Å². The molecule has 5 nitrogen and oxygen atoms in total. The fourth-order valence-corrected chi connectivity index (χ4v) is 3.54. The lowest BCUT2D eigenvalue weighted by Gasteiger charge is -2.36. The Bertz CT molecular complexity index is 386. The molecule has 2 rings (SSSR count). The number of halogens is 1. The van der Waals surface area contributed by atoms with E-state index in [4.69, 9.17) is 0 Å². The summed E-state index contributed by atoms with van der Waals surface area (Å²) < 4.78 is 0. The van der Waals surface area contributed by atoms with Crippen molar-refractivity contribution in [2.24, 2.45) is 5.92 Å². The summed E-state index contributed by atoms with van der Waals surface area (Å²) in [6.45, 7) is 6.50. The third-order valence-electron chi connectivity index (χ3n) is 4.82. The lowest BCUT2D eigenvalue weighted by molar-refractivity contribution is -0.138. The van der Waals surface area contributed by atoms with Gasteiger partial charge in [-0.05, 0) is 45.6 Å². The van der Waals surface area contributed by atoms with Crippen LogP contribution in [0.5, 0.6) is 0 Å². The number of nitrogens with one attached hydrogen (secondary N) is 2. The Hall–Kier alpha value is -0.810. The summed E-state index contributed by atoms with van der Waals surface area (Å²) in [5.74, 6) is 0.273. The average molecular weight is 346 g/mol. The van der Waals surface area contributed by atoms with Gasteiger partial charge in [-0.15, -0.1) is 12.4 Å². The van der Waals surface area contributed by atoms with Crippen LogP contribution in [0.25, 0.3) is 0 Å². The molecule has 23 heavy (non-hydrogen) atoms. The van der Waals surface area contributed by atoms with Gasteiger partial charge in [-0.1, -0.05) is 19.8 Å². The van der Waals surface area contributed by atoms with Crippen LogP contribution in [-0.2, 0) is 9.59 Å². The van der Waals surface area contributed by atoms with Crippen LogP contribution in [0, 0.1) is 5.92 Å². The molecule has 0 radical (unpaired) electrons. The first-order valence-electron chi connectivity index (χ1n) is 8.94. The minimum Gasteiger partial charge on any atom is -0.353 e. The van der Waals surface area contributed by atoms with E-state index in [1.807, 2.05) is 4.90 Å². The van der Waals surface area contributed by atoms with Gasteiger partial charge in [0.25, 0.3) is 0 Å². The van der Waals surface area contributed by atoms with E-state index in [-0.39, 0.29) is 42.2 Å². The molecule has 0 spiro atoms. The number of nitrogens with zero attached hydrogens (tertiary/aromatic N) is 1. The highest BCUT2D eigenvalue weighted by Crippen LogP contribution is 2.19. The van der Waals surface area contributed by atoms with Crippen molar-refractivity contribution in [3.8, 4) is 0 Å². The van der Waals surface area contributed by atoms with Gasteiger partial charge < -0.3 is 15.5 Å². The van der Waals surface area contributed by atoms with Crippen LogP contribution in [0.1, 0.15) is 58.8 Å². The molecule has 0 aromatic carbocycles. The molecule has 2 heterocycles. The largest absolute Gasteiger partial charge is 0.353 e. The van der Waals surface area contributed by atoms with Gasteiger partial charge >= 0.3 is 0 Å². The van der Waals surface area contributed by atoms with Gasteiger partial charge in [0.1, 0.15) is 0 Å². The van der Waals surface area contributed by atoms with Gasteiger partial charge in [-0.3, -0.25) is 9.59 Å². The zero-order valence-corrected chi connectivity index (χ0v) is 15.3. The van der Waals surface area contributed by atoms with E-state index < -0.39 is 0 Å². The number of hydrogen-bond donors (Lipinski definition) is 2. The summed E-state index contributed by atoms with van der Waals surface area (Å²) in [6, 6.07) is 0.193. The lowest BCUT2D eigenvalue weighted by Crippen LogP contribution is -2.53. The summed E-state index contributed by atoms with van der Waals surface area (Å²) >= 11 is 0. The van der Waals surface area contributed by atoms with E-state index in [9.17, 15) is 9.59 Å². The molecule has 134 valence electrons. The van der Waals surface area contributed by atoms with E-state index in [1.54, 1.807) is 0 Å². The predicted molar refractivity (Wildman–Crippen MR) is 94.7 cm³/mol. The van der Waals surface area contributed by atoms with Crippen molar-refractivity contribution >= 4 is 24.2 Å². The van der Waals surface area contributed by atoms with Crippen molar-refractivity contribution in [1.29, 1.82) is 0 Å². The molecule has 2 aliphatic heterocycles. The molecule has 3 unspecified atom stereocenters. The first-order valence-corrected chi connectivity index (χ1v) is 8.94. The van der Waals surface area contributed by atoms with Crippen molar-refractivity contribution in [3.63, 3.8) is 0 Å². The van der Waals surface area contributed by atoms with Gasteiger partial charge in [0.2, 0.25) is 11.8 Å². The Morgan fingerprint density at radius 3 is 2.70 bits per heavy atom. The number of carbonyl (C=O) groups excluding carboxylic acids is 2. The molecule has 2 fully saturated rings. The van der Waals surface area contributed by atoms with Gasteiger partial charge in [0.05, 0.1) is 12.0 Å². The van der Waals surface area contributed by atoms with Crippen LogP contribution in [0.4, 0.5) is 0 Å². The van der Waals surface area contributed by atoms with Crippen LogP contribution < -0.4 is 10.6 Å². The third-order valence-corrected chi connectivity index (χ3v) is 4.82. The molecule has 0 saturated carbocycles. The van der Waals surface area contributed by atoms with Crippen molar-refractivity contribution in [3.05, 3.63) is 0 Å². The van der Waals surface area contributed by atoms with Gasteiger partial charge in [-0.25, -0.2) is 0 Å². The number of rotatable bonds is 5. The Morgan fingerprint density at radius 1 is 1.26 bits per heavy atom. The maximum absolute atomic E-state index is 12.6. The molecule has 2 saturated heterocycles. The average Bonchev–Trinajstić information content (AvgIpc) is 2.55. The Balaban J connectivity index is 0.00000264. The molecule has 0 aromatic heterocycles. The highest BCUT2D eigenvalue weighted by molar-refractivity contribution is 5.85. The molecule has 2 amide bonds. The molecular formula is C17H32ClN3O2. The number of likely N-dealkylation sites (tertiary alicyclic amines) is 1. The molecule has 3 atom stereocenters. The van der Waals surface area contributed by atoms with E-state index in [0.717, 1.165) is 58.0 Å². The standard InChI is InChI=1S/C17H31N3O2.ClH/c1-3-7-13(2)19-16(21)14-8-6-11-20(12-14)17(22)15-9-4-5-10-18-15;/h13-15,18H,3-12H2,1-2H3,(H,19,21);1H. The molecular weight excluding hydrogens is 314 g/mol. The highest BCUT2D eigenvalue weighted by atomic mass is 35.5.